The normalized spacial score (nSPS) is 12.1. The Morgan fingerprint density at radius 3 is 3.00 bits per heavy atom. The fourth-order valence-electron chi connectivity index (χ4n) is 1.10. The molecule has 0 saturated carbocycles. The summed E-state index contributed by atoms with van der Waals surface area (Å²) in [6.07, 6.45) is 2.53. The first kappa shape index (κ1) is 12.1. The van der Waals surface area contributed by atoms with Crippen LogP contribution in [-0.2, 0) is 10.8 Å². The molecule has 1 rings (SSSR count). The molecular formula is C9H13N3OS2. The minimum atomic E-state index is -0.743. The molecule has 0 saturated heterocycles. The third kappa shape index (κ3) is 3.61. The topological polar surface area (TPSA) is 65.8 Å². The molecule has 0 amide bonds. The number of aryl methyl sites for hydroxylation is 1. The molecule has 0 bridgehead atoms. The van der Waals surface area contributed by atoms with Gasteiger partial charge in [0.25, 0.3) is 0 Å². The van der Waals surface area contributed by atoms with Crippen LogP contribution in [0.2, 0.25) is 0 Å². The quantitative estimate of drug-likeness (QED) is 0.796. The zero-order valence-corrected chi connectivity index (χ0v) is 10.4. The SMILES string of the molecule is Cc1nsc(NCCCS(C)=O)c1C#N. The molecule has 1 aromatic rings. The van der Waals surface area contributed by atoms with Gasteiger partial charge in [0.1, 0.15) is 16.6 Å². The minimum Gasteiger partial charge on any atom is -0.375 e. The molecule has 1 N–H and O–H groups in total. The van der Waals surface area contributed by atoms with Crippen molar-refractivity contribution < 1.29 is 4.21 Å². The zero-order chi connectivity index (χ0) is 11.3. The van der Waals surface area contributed by atoms with Crippen LogP contribution in [-0.4, -0.2) is 27.1 Å². The van der Waals surface area contributed by atoms with E-state index in [2.05, 4.69) is 15.8 Å². The summed E-state index contributed by atoms with van der Waals surface area (Å²) in [5.41, 5.74) is 1.39. The minimum absolute atomic E-state index is 0.623. The molecule has 0 radical (unpaired) electrons. The smallest absolute Gasteiger partial charge is 0.127 e. The highest BCUT2D eigenvalue weighted by Gasteiger charge is 2.08. The Bertz CT molecular complexity index is 395. The van der Waals surface area contributed by atoms with Gasteiger partial charge in [-0.15, -0.1) is 0 Å². The highest BCUT2D eigenvalue weighted by Crippen LogP contribution is 2.22. The molecule has 0 fully saturated rings. The molecule has 0 aliphatic rings. The Hall–Kier alpha value is -0.930. The monoisotopic (exact) mass is 243 g/mol. The van der Waals surface area contributed by atoms with Crippen LogP contribution in [0.25, 0.3) is 0 Å². The molecule has 1 atom stereocenters. The molecule has 1 unspecified atom stereocenters. The maximum atomic E-state index is 10.8. The van der Waals surface area contributed by atoms with Crippen molar-refractivity contribution in [1.29, 1.82) is 5.26 Å². The van der Waals surface area contributed by atoms with Gasteiger partial charge in [0.2, 0.25) is 0 Å². The van der Waals surface area contributed by atoms with Crippen molar-refractivity contribution in [3.05, 3.63) is 11.3 Å². The predicted octanol–water partition coefficient (Wildman–Crippen LogP) is 1.50. The van der Waals surface area contributed by atoms with Gasteiger partial charge in [-0.3, -0.25) is 4.21 Å². The van der Waals surface area contributed by atoms with E-state index in [1.165, 1.54) is 11.5 Å². The fourth-order valence-corrected chi connectivity index (χ4v) is 2.42. The van der Waals surface area contributed by atoms with Crippen molar-refractivity contribution in [2.45, 2.75) is 13.3 Å². The number of aromatic nitrogens is 1. The van der Waals surface area contributed by atoms with Gasteiger partial charge in [0, 0.05) is 29.4 Å². The van der Waals surface area contributed by atoms with Crippen LogP contribution < -0.4 is 5.32 Å². The molecule has 0 aliphatic carbocycles. The molecule has 1 aromatic heterocycles. The standard InChI is InChI=1S/C9H13N3OS2/c1-7-8(6-10)9(14-12-7)11-4-3-5-15(2)13/h11H,3-5H2,1-2H3. The first-order valence-corrected chi connectivity index (χ1v) is 7.05. The average molecular weight is 243 g/mol. The summed E-state index contributed by atoms with van der Waals surface area (Å²) in [5, 5.41) is 12.8. The zero-order valence-electron chi connectivity index (χ0n) is 8.74. The number of nitriles is 1. The highest BCUT2D eigenvalue weighted by molar-refractivity contribution is 7.84. The van der Waals surface area contributed by atoms with Gasteiger partial charge in [0.15, 0.2) is 0 Å². The summed E-state index contributed by atoms with van der Waals surface area (Å²) in [7, 11) is -0.743. The molecule has 4 nitrogen and oxygen atoms in total. The van der Waals surface area contributed by atoms with E-state index in [0.717, 1.165) is 23.7 Å². The lowest BCUT2D eigenvalue weighted by Gasteiger charge is -2.02. The number of anilines is 1. The Labute approximate surface area is 95.9 Å². The van der Waals surface area contributed by atoms with E-state index >= 15 is 0 Å². The molecular weight excluding hydrogens is 230 g/mol. The molecule has 1 heterocycles. The Morgan fingerprint density at radius 1 is 1.67 bits per heavy atom. The Morgan fingerprint density at radius 2 is 2.40 bits per heavy atom. The molecule has 0 aliphatic heterocycles. The van der Waals surface area contributed by atoms with Gasteiger partial charge in [-0.2, -0.15) is 9.64 Å². The van der Waals surface area contributed by atoms with Crippen LogP contribution in [0.15, 0.2) is 0 Å². The van der Waals surface area contributed by atoms with Gasteiger partial charge in [-0.05, 0) is 24.9 Å². The van der Waals surface area contributed by atoms with Crippen molar-refractivity contribution >= 4 is 27.3 Å². The van der Waals surface area contributed by atoms with Crippen molar-refractivity contribution in [3.8, 4) is 6.07 Å². The molecule has 6 heteroatoms. The number of nitrogens with one attached hydrogen (secondary N) is 1. The van der Waals surface area contributed by atoms with Gasteiger partial charge >= 0.3 is 0 Å². The third-order valence-electron chi connectivity index (χ3n) is 1.87. The van der Waals surface area contributed by atoms with Gasteiger partial charge in [-0.25, -0.2) is 0 Å². The first-order valence-electron chi connectivity index (χ1n) is 4.55. The first-order chi connectivity index (χ1) is 7.15. The summed E-state index contributed by atoms with van der Waals surface area (Å²) < 4.78 is 14.9. The van der Waals surface area contributed by atoms with Gasteiger partial charge in [0.05, 0.1) is 5.69 Å². The lowest BCUT2D eigenvalue weighted by Crippen LogP contribution is -2.05. The van der Waals surface area contributed by atoms with E-state index in [-0.39, 0.29) is 0 Å². The maximum absolute atomic E-state index is 10.8. The van der Waals surface area contributed by atoms with Crippen LogP contribution in [0.5, 0.6) is 0 Å². The Kier molecular flexibility index (Phi) is 4.72. The number of rotatable bonds is 5. The van der Waals surface area contributed by atoms with Crippen LogP contribution in [0.3, 0.4) is 0 Å². The predicted molar refractivity (Wildman–Crippen MR) is 63.6 cm³/mol. The summed E-state index contributed by atoms with van der Waals surface area (Å²) >= 11 is 1.30. The van der Waals surface area contributed by atoms with Crippen LogP contribution >= 0.6 is 11.5 Å². The fraction of sp³-hybridized carbons (Fsp3) is 0.556. The summed E-state index contributed by atoms with van der Waals surface area (Å²) in [6.45, 7) is 2.55. The van der Waals surface area contributed by atoms with E-state index in [9.17, 15) is 4.21 Å². The Balaban J connectivity index is 2.45. The van der Waals surface area contributed by atoms with Crippen LogP contribution in [0.4, 0.5) is 5.00 Å². The second-order valence-electron chi connectivity index (χ2n) is 3.14. The van der Waals surface area contributed by atoms with Gasteiger partial charge in [-0.1, -0.05) is 0 Å². The van der Waals surface area contributed by atoms with E-state index in [1.807, 2.05) is 6.92 Å². The maximum Gasteiger partial charge on any atom is 0.127 e. The number of hydrogen-bond acceptors (Lipinski definition) is 5. The largest absolute Gasteiger partial charge is 0.375 e. The molecule has 0 spiro atoms. The third-order valence-corrected chi connectivity index (χ3v) is 3.63. The lowest BCUT2D eigenvalue weighted by atomic mass is 10.3. The second-order valence-corrected chi connectivity index (χ2v) is 5.47. The summed E-state index contributed by atoms with van der Waals surface area (Å²) in [6, 6.07) is 2.12. The van der Waals surface area contributed by atoms with E-state index < -0.39 is 10.8 Å². The van der Waals surface area contributed by atoms with Gasteiger partial charge < -0.3 is 5.32 Å². The molecule has 0 aromatic carbocycles. The number of nitrogens with zero attached hydrogens (tertiary/aromatic N) is 2. The molecule has 15 heavy (non-hydrogen) atoms. The lowest BCUT2D eigenvalue weighted by molar-refractivity contribution is 0.685. The van der Waals surface area contributed by atoms with Crippen molar-refractivity contribution in [2.24, 2.45) is 0 Å². The van der Waals surface area contributed by atoms with E-state index in [0.29, 0.717) is 11.3 Å². The van der Waals surface area contributed by atoms with Crippen LogP contribution in [0, 0.1) is 18.3 Å². The van der Waals surface area contributed by atoms with E-state index in [1.54, 1.807) is 6.26 Å². The molecule has 82 valence electrons. The number of hydrogen-bond donors (Lipinski definition) is 1. The summed E-state index contributed by atoms with van der Waals surface area (Å²) in [5.74, 6) is 0.687. The highest BCUT2D eigenvalue weighted by atomic mass is 32.2. The second kappa shape index (κ2) is 5.83. The van der Waals surface area contributed by atoms with E-state index in [4.69, 9.17) is 5.26 Å². The van der Waals surface area contributed by atoms with Crippen molar-refractivity contribution in [3.63, 3.8) is 0 Å². The summed E-state index contributed by atoms with van der Waals surface area (Å²) in [4.78, 5) is 0. The van der Waals surface area contributed by atoms with Crippen molar-refractivity contribution in [1.82, 2.24) is 4.37 Å². The average Bonchev–Trinajstić information content (AvgIpc) is 2.53. The van der Waals surface area contributed by atoms with Crippen molar-refractivity contribution in [2.75, 3.05) is 23.9 Å². The van der Waals surface area contributed by atoms with Crippen LogP contribution in [0.1, 0.15) is 17.7 Å².